The first-order valence-electron chi connectivity index (χ1n) is 14.4. The van der Waals surface area contributed by atoms with Crippen molar-refractivity contribution in [3.8, 4) is 28.2 Å². The summed E-state index contributed by atoms with van der Waals surface area (Å²) in [6.07, 6.45) is 0. The van der Waals surface area contributed by atoms with Gasteiger partial charge in [0.2, 0.25) is 0 Å². The number of rotatable bonds is 4. The first-order chi connectivity index (χ1) is 21.5. The number of hydrogen-bond acceptors (Lipinski definition) is 5. The van der Waals surface area contributed by atoms with Crippen LogP contribution in [0.15, 0.2) is 115 Å². The van der Waals surface area contributed by atoms with Crippen LogP contribution in [0.5, 0.6) is 0 Å². The van der Waals surface area contributed by atoms with Crippen molar-refractivity contribution in [2.75, 3.05) is 4.90 Å². The third kappa shape index (κ3) is 3.86. The van der Waals surface area contributed by atoms with Gasteiger partial charge < -0.3 is 4.57 Å². The highest BCUT2D eigenvalue weighted by Gasteiger charge is 2.39. The van der Waals surface area contributed by atoms with Crippen LogP contribution in [-0.2, 0) is 0 Å². The fourth-order valence-corrected chi connectivity index (χ4v) is 6.31. The monoisotopic (exact) mass is 571 g/mol. The Labute approximate surface area is 253 Å². The number of fused-ring (bicyclic) bond motifs is 4. The highest BCUT2D eigenvalue weighted by atomic mass is 16.2. The zero-order chi connectivity index (χ0) is 29.9. The molecule has 2 aromatic heterocycles. The van der Waals surface area contributed by atoms with E-state index in [0.29, 0.717) is 40.0 Å². The molecule has 0 N–H and O–H groups in total. The topological polar surface area (TPSA) is 81.0 Å². The maximum atomic E-state index is 14.3. The van der Waals surface area contributed by atoms with E-state index in [-0.39, 0.29) is 11.8 Å². The number of benzene rings is 5. The van der Waals surface area contributed by atoms with Crippen LogP contribution in [0.3, 0.4) is 0 Å². The summed E-state index contributed by atoms with van der Waals surface area (Å²) in [6.45, 7) is 3.70. The molecule has 0 saturated carbocycles. The summed E-state index contributed by atoms with van der Waals surface area (Å²) in [7, 11) is 0. The molecule has 7 aromatic rings. The van der Waals surface area contributed by atoms with E-state index in [1.54, 1.807) is 6.07 Å². The molecule has 5 aromatic carbocycles. The van der Waals surface area contributed by atoms with Crippen LogP contribution in [0.2, 0.25) is 0 Å². The van der Waals surface area contributed by atoms with E-state index in [1.807, 2.05) is 111 Å². The highest BCUT2D eigenvalue weighted by molar-refractivity contribution is 6.36. The molecule has 0 bridgehead atoms. The molecular formula is C37H25N5O2. The van der Waals surface area contributed by atoms with Gasteiger partial charge in [0.05, 0.1) is 33.5 Å². The molecule has 0 unspecified atom stereocenters. The molecule has 1 aliphatic rings. The predicted molar refractivity (Wildman–Crippen MR) is 172 cm³/mol. The van der Waals surface area contributed by atoms with Crippen molar-refractivity contribution < 1.29 is 9.59 Å². The smallest absolute Gasteiger partial charge is 0.268 e. The minimum atomic E-state index is -0.358. The molecule has 0 aliphatic carbocycles. The fraction of sp³-hybridized carbons (Fsp3) is 0.0541. The van der Waals surface area contributed by atoms with Crippen molar-refractivity contribution in [2.24, 2.45) is 0 Å². The summed E-state index contributed by atoms with van der Waals surface area (Å²) in [4.78, 5) is 43.1. The largest absolute Gasteiger partial charge is 0.308 e. The molecule has 0 atom stereocenters. The number of carbonyl (C=O) groups is 2. The number of para-hydroxylation sites is 2. The Hall–Kier alpha value is -5.95. The van der Waals surface area contributed by atoms with Crippen LogP contribution in [0.25, 0.3) is 50.0 Å². The summed E-state index contributed by atoms with van der Waals surface area (Å²) in [5, 5.41) is 2.02. The quantitative estimate of drug-likeness (QED) is 0.202. The number of aryl methyl sites for hydroxylation is 2. The second kappa shape index (κ2) is 9.81. The molecule has 1 aliphatic heterocycles. The Morgan fingerprint density at radius 3 is 1.95 bits per heavy atom. The zero-order valence-electron chi connectivity index (χ0n) is 24.0. The van der Waals surface area contributed by atoms with E-state index in [1.165, 1.54) is 4.90 Å². The van der Waals surface area contributed by atoms with Crippen molar-refractivity contribution in [3.63, 3.8) is 0 Å². The molecule has 210 valence electrons. The van der Waals surface area contributed by atoms with Gasteiger partial charge in [-0.2, -0.15) is 0 Å². The normalized spacial score (nSPS) is 12.8. The number of nitrogens with zero attached hydrogens (tertiary/aromatic N) is 5. The molecule has 0 fully saturated rings. The highest BCUT2D eigenvalue weighted by Crippen LogP contribution is 2.40. The molecule has 2 amide bonds. The summed E-state index contributed by atoms with van der Waals surface area (Å²) in [5.41, 5.74) is 6.55. The van der Waals surface area contributed by atoms with E-state index in [9.17, 15) is 9.59 Å². The van der Waals surface area contributed by atoms with Gasteiger partial charge in [0, 0.05) is 16.3 Å². The lowest BCUT2D eigenvalue weighted by molar-refractivity contribution is 0.0926. The lowest BCUT2D eigenvalue weighted by atomic mass is 10.1. The number of imide groups is 1. The SMILES string of the molecule is Cc1nc(C)nc(-c2cccc3c4ccccc4n(-c4cccc5c4C(=O)N(c4ccc(-c6ccccc6)cc4)C5=O)c23)n1. The molecule has 7 nitrogen and oxygen atoms in total. The lowest BCUT2D eigenvalue weighted by Crippen LogP contribution is -2.29. The number of hydrogen-bond donors (Lipinski definition) is 0. The van der Waals surface area contributed by atoms with Gasteiger partial charge in [0.15, 0.2) is 5.82 Å². The molecule has 8 rings (SSSR count). The van der Waals surface area contributed by atoms with Crippen LogP contribution in [0, 0.1) is 13.8 Å². The van der Waals surface area contributed by atoms with Gasteiger partial charge in [-0.25, -0.2) is 19.9 Å². The second-order valence-corrected chi connectivity index (χ2v) is 10.9. The number of anilines is 1. The van der Waals surface area contributed by atoms with Crippen molar-refractivity contribution in [3.05, 3.63) is 138 Å². The van der Waals surface area contributed by atoms with Gasteiger partial charge in [0.1, 0.15) is 11.6 Å². The maximum absolute atomic E-state index is 14.3. The van der Waals surface area contributed by atoms with E-state index in [0.717, 1.165) is 38.5 Å². The summed E-state index contributed by atoms with van der Waals surface area (Å²) in [5.74, 6) is 1.11. The van der Waals surface area contributed by atoms with Gasteiger partial charge >= 0.3 is 0 Å². The van der Waals surface area contributed by atoms with Crippen molar-refractivity contribution in [1.29, 1.82) is 0 Å². The van der Waals surface area contributed by atoms with Gasteiger partial charge in [0.25, 0.3) is 11.8 Å². The van der Waals surface area contributed by atoms with Crippen LogP contribution in [0.4, 0.5) is 5.69 Å². The standard InChI is InChI=1S/C37H25N5O2/c1-22-38-23(2)40-35(39-22)30-15-8-13-28-27-12-6-7-16-31(27)42(34(28)30)32-17-9-14-29-33(32)37(44)41(36(29)43)26-20-18-25(19-21-26)24-10-4-3-5-11-24/h3-21H,1-2H3. The minimum absolute atomic E-state index is 0.344. The molecular weight excluding hydrogens is 546 g/mol. The molecule has 3 heterocycles. The molecule has 0 spiro atoms. The average molecular weight is 572 g/mol. The first kappa shape index (κ1) is 25.7. The van der Waals surface area contributed by atoms with Crippen LogP contribution in [-0.4, -0.2) is 31.3 Å². The predicted octanol–water partition coefficient (Wildman–Crippen LogP) is 7.72. The first-order valence-corrected chi connectivity index (χ1v) is 14.4. The van der Waals surface area contributed by atoms with E-state index >= 15 is 0 Å². The minimum Gasteiger partial charge on any atom is -0.308 e. The average Bonchev–Trinajstić information content (AvgIpc) is 3.52. The van der Waals surface area contributed by atoms with Gasteiger partial charge in [-0.15, -0.1) is 0 Å². The summed E-state index contributed by atoms with van der Waals surface area (Å²) >= 11 is 0. The van der Waals surface area contributed by atoms with Crippen LogP contribution >= 0.6 is 0 Å². The van der Waals surface area contributed by atoms with Gasteiger partial charge in [-0.3, -0.25) is 9.59 Å². The van der Waals surface area contributed by atoms with Crippen molar-refractivity contribution >= 4 is 39.3 Å². The summed E-state index contributed by atoms with van der Waals surface area (Å²) in [6, 6.07) is 37.1. The maximum Gasteiger partial charge on any atom is 0.268 e. The van der Waals surface area contributed by atoms with Crippen LogP contribution in [0.1, 0.15) is 32.4 Å². The lowest BCUT2D eigenvalue weighted by Gasteiger charge is -2.16. The van der Waals surface area contributed by atoms with Crippen molar-refractivity contribution in [1.82, 2.24) is 19.5 Å². The Bertz CT molecular complexity index is 2270. The van der Waals surface area contributed by atoms with Gasteiger partial charge in [-0.05, 0) is 61.4 Å². The molecule has 7 heteroatoms. The fourth-order valence-electron chi connectivity index (χ4n) is 6.31. The second-order valence-electron chi connectivity index (χ2n) is 10.9. The molecule has 44 heavy (non-hydrogen) atoms. The Morgan fingerprint density at radius 2 is 1.18 bits per heavy atom. The van der Waals surface area contributed by atoms with Crippen LogP contribution < -0.4 is 4.90 Å². The Balaban J connectivity index is 1.33. The number of aromatic nitrogens is 4. The van der Waals surface area contributed by atoms with E-state index < -0.39 is 0 Å². The molecule has 0 radical (unpaired) electrons. The Kier molecular flexibility index (Phi) is 5.74. The number of amides is 2. The third-order valence-electron chi connectivity index (χ3n) is 8.16. The van der Waals surface area contributed by atoms with E-state index in [2.05, 4.69) is 31.7 Å². The van der Waals surface area contributed by atoms with E-state index in [4.69, 9.17) is 0 Å². The molecule has 0 saturated heterocycles. The third-order valence-corrected chi connectivity index (χ3v) is 8.16. The summed E-state index contributed by atoms with van der Waals surface area (Å²) < 4.78 is 2.07. The van der Waals surface area contributed by atoms with Gasteiger partial charge in [-0.1, -0.05) is 78.9 Å². The zero-order valence-corrected chi connectivity index (χ0v) is 24.0. The number of carbonyl (C=O) groups excluding carboxylic acids is 2. The Morgan fingerprint density at radius 1 is 0.545 bits per heavy atom. The van der Waals surface area contributed by atoms with Crippen molar-refractivity contribution in [2.45, 2.75) is 13.8 Å².